The molecule has 1 rings (SSSR count). The van der Waals surface area contributed by atoms with Gasteiger partial charge < -0.3 is 4.52 Å². The molecule has 86 valence electrons. The molecule has 1 aromatic heterocycles. The fraction of sp³-hybridized carbons (Fsp3) is 0.625. The summed E-state index contributed by atoms with van der Waals surface area (Å²) >= 11 is 0. The summed E-state index contributed by atoms with van der Waals surface area (Å²) in [6.07, 6.45) is 3.62. The van der Waals surface area contributed by atoms with E-state index in [9.17, 15) is 4.57 Å². The molecule has 0 aliphatic carbocycles. The Hall–Kier alpha value is -0.840. The van der Waals surface area contributed by atoms with Crippen LogP contribution in [0.15, 0.2) is 12.4 Å². The molecule has 1 aromatic rings. The lowest BCUT2D eigenvalue weighted by molar-refractivity contribution is -0.674. The van der Waals surface area contributed by atoms with E-state index in [1.165, 1.54) is 14.2 Å². The summed E-state index contributed by atoms with van der Waals surface area (Å²) in [5, 5.41) is 0. The van der Waals surface area contributed by atoms with Gasteiger partial charge in [-0.15, -0.1) is 0 Å². The molecule has 0 aliphatic heterocycles. The van der Waals surface area contributed by atoms with E-state index in [0.29, 0.717) is 12.6 Å². The molecule has 0 radical (unpaired) electrons. The van der Waals surface area contributed by atoms with Crippen LogP contribution in [0.5, 0.6) is 6.01 Å². The number of rotatable bonds is 5. The van der Waals surface area contributed by atoms with Gasteiger partial charge in [0.25, 0.3) is 0 Å². The molecule has 7 heteroatoms. The molecule has 1 heterocycles. The number of imidazole rings is 1. The Morgan fingerprint density at radius 2 is 2.07 bits per heavy atom. The summed E-state index contributed by atoms with van der Waals surface area (Å²) in [5.74, 6) is 0. The van der Waals surface area contributed by atoms with Crippen molar-refractivity contribution in [2.24, 2.45) is 7.05 Å². The third-order valence-electron chi connectivity index (χ3n) is 2.00. The first-order chi connectivity index (χ1) is 7.06. The average molecular weight is 235 g/mol. The van der Waals surface area contributed by atoms with Gasteiger partial charge in [0.1, 0.15) is 12.4 Å². The topological polar surface area (TPSA) is 53.6 Å². The van der Waals surface area contributed by atoms with E-state index in [4.69, 9.17) is 13.6 Å². The fourth-order valence-electron chi connectivity index (χ4n) is 1.12. The molecule has 0 saturated carbocycles. The second-order valence-corrected chi connectivity index (χ2v) is 4.69. The Morgan fingerprint density at radius 1 is 1.47 bits per heavy atom. The van der Waals surface area contributed by atoms with E-state index in [1.807, 2.05) is 13.1 Å². The molecule has 0 unspecified atom stereocenters. The number of hydrogen-bond acceptors (Lipinski definition) is 4. The van der Waals surface area contributed by atoms with Gasteiger partial charge in [-0.3, -0.25) is 9.05 Å². The first-order valence-electron chi connectivity index (χ1n) is 4.52. The summed E-state index contributed by atoms with van der Waals surface area (Å²) in [5.41, 5.74) is 0. The van der Waals surface area contributed by atoms with Crippen LogP contribution in [-0.2, 0) is 27.2 Å². The van der Waals surface area contributed by atoms with Gasteiger partial charge in [-0.2, -0.15) is 9.13 Å². The number of aryl methyl sites for hydroxylation is 2. The number of phosphoric acid groups is 1. The minimum absolute atomic E-state index is 0.435. The van der Waals surface area contributed by atoms with E-state index in [2.05, 4.69) is 0 Å². The molecule has 15 heavy (non-hydrogen) atoms. The van der Waals surface area contributed by atoms with E-state index >= 15 is 0 Å². The lowest BCUT2D eigenvalue weighted by atomic mass is 10.7. The van der Waals surface area contributed by atoms with Crippen molar-refractivity contribution in [1.29, 1.82) is 0 Å². The molecular weight excluding hydrogens is 219 g/mol. The first kappa shape index (κ1) is 12.2. The molecule has 0 fully saturated rings. The Kier molecular flexibility index (Phi) is 3.90. The highest BCUT2D eigenvalue weighted by Gasteiger charge is 2.31. The van der Waals surface area contributed by atoms with Gasteiger partial charge in [0.2, 0.25) is 0 Å². The summed E-state index contributed by atoms with van der Waals surface area (Å²) < 4.78 is 29.9. The van der Waals surface area contributed by atoms with Crippen LogP contribution in [0.4, 0.5) is 0 Å². The third kappa shape index (κ3) is 2.59. The standard InChI is InChI=1S/C8H16N2O4P/c1-5-10-7-6-9(2)8(10)14-15(11,12-3)13-4/h6-7H,5H2,1-4H3/q+1. The van der Waals surface area contributed by atoms with Crippen molar-refractivity contribution >= 4 is 7.82 Å². The summed E-state index contributed by atoms with van der Waals surface area (Å²) in [7, 11) is 0.873. The fourth-order valence-corrected chi connectivity index (χ4v) is 1.85. The van der Waals surface area contributed by atoms with Crippen molar-refractivity contribution in [2.75, 3.05) is 14.2 Å². The maximum atomic E-state index is 11.7. The zero-order valence-electron chi connectivity index (χ0n) is 9.34. The highest BCUT2D eigenvalue weighted by atomic mass is 31.2. The Bertz CT molecular complexity index is 369. The number of nitrogens with zero attached hydrogens (tertiary/aromatic N) is 2. The van der Waals surface area contributed by atoms with E-state index in [0.717, 1.165) is 0 Å². The number of phosphoric ester groups is 1. The van der Waals surface area contributed by atoms with Gasteiger partial charge in [0, 0.05) is 14.2 Å². The Morgan fingerprint density at radius 3 is 2.53 bits per heavy atom. The molecule has 0 aliphatic rings. The molecule has 0 bridgehead atoms. The van der Waals surface area contributed by atoms with Crippen LogP contribution < -0.4 is 9.09 Å². The van der Waals surface area contributed by atoms with Gasteiger partial charge in [0.15, 0.2) is 0 Å². The van der Waals surface area contributed by atoms with Crippen molar-refractivity contribution < 1.29 is 22.7 Å². The first-order valence-corrected chi connectivity index (χ1v) is 5.98. The van der Waals surface area contributed by atoms with Crippen LogP contribution in [0.1, 0.15) is 6.92 Å². The second-order valence-electron chi connectivity index (χ2n) is 2.88. The summed E-state index contributed by atoms with van der Waals surface area (Å²) in [6.45, 7) is 2.67. The molecule has 0 N–H and O–H groups in total. The third-order valence-corrected chi connectivity index (χ3v) is 3.28. The van der Waals surface area contributed by atoms with Crippen molar-refractivity contribution in [3.8, 4) is 6.01 Å². The average Bonchev–Trinajstić information content (AvgIpc) is 2.60. The minimum atomic E-state index is -3.48. The van der Waals surface area contributed by atoms with E-state index in [1.54, 1.807) is 22.4 Å². The summed E-state index contributed by atoms with van der Waals surface area (Å²) in [4.78, 5) is 0. The lowest BCUT2D eigenvalue weighted by Crippen LogP contribution is -2.28. The maximum Gasteiger partial charge on any atom is 0.534 e. The quantitative estimate of drug-likeness (QED) is 0.566. The van der Waals surface area contributed by atoms with Crippen LogP contribution in [0, 0.1) is 0 Å². The number of hydrogen-bond donors (Lipinski definition) is 0. The molecule has 0 saturated heterocycles. The van der Waals surface area contributed by atoms with Crippen molar-refractivity contribution in [2.45, 2.75) is 13.5 Å². The van der Waals surface area contributed by atoms with Gasteiger partial charge >= 0.3 is 13.8 Å². The second kappa shape index (κ2) is 4.79. The highest BCUT2D eigenvalue weighted by Crippen LogP contribution is 2.46. The predicted molar refractivity (Wildman–Crippen MR) is 53.5 cm³/mol. The van der Waals surface area contributed by atoms with Crippen LogP contribution in [0.3, 0.4) is 0 Å². The molecular formula is C8H16N2O4P+. The predicted octanol–water partition coefficient (Wildman–Crippen LogP) is 1.11. The van der Waals surface area contributed by atoms with Crippen LogP contribution in [0.25, 0.3) is 0 Å². The lowest BCUT2D eigenvalue weighted by Gasteiger charge is -2.11. The SMILES string of the molecule is CCn1cc[n+](C)c1OP(=O)(OC)OC. The van der Waals surface area contributed by atoms with E-state index in [-0.39, 0.29) is 0 Å². The number of aromatic nitrogens is 2. The zero-order chi connectivity index (χ0) is 11.5. The minimum Gasteiger partial charge on any atom is -0.334 e. The van der Waals surface area contributed by atoms with Gasteiger partial charge in [-0.25, -0.2) is 4.57 Å². The van der Waals surface area contributed by atoms with Gasteiger partial charge in [-0.05, 0) is 6.92 Å². The highest BCUT2D eigenvalue weighted by molar-refractivity contribution is 7.48. The maximum absolute atomic E-state index is 11.7. The van der Waals surface area contributed by atoms with Crippen molar-refractivity contribution in [3.63, 3.8) is 0 Å². The van der Waals surface area contributed by atoms with E-state index < -0.39 is 7.82 Å². The summed E-state index contributed by atoms with van der Waals surface area (Å²) in [6, 6.07) is 0.435. The van der Waals surface area contributed by atoms with Crippen molar-refractivity contribution in [3.05, 3.63) is 12.4 Å². The molecule has 0 spiro atoms. The largest absolute Gasteiger partial charge is 0.534 e. The van der Waals surface area contributed by atoms with Crippen molar-refractivity contribution in [1.82, 2.24) is 4.57 Å². The molecule has 0 atom stereocenters. The normalized spacial score (nSPS) is 11.7. The van der Waals surface area contributed by atoms with Crippen LogP contribution >= 0.6 is 7.82 Å². The molecule has 0 amide bonds. The zero-order valence-corrected chi connectivity index (χ0v) is 10.2. The van der Waals surface area contributed by atoms with Crippen LogP contribution in [-0.4, -0.2) is 18.8 Å². The molecule has 0 aromatic carbocycles. The van der Waals surface area contributed by atoms with Gasteiger partial charge in [0.05, 0.1) is 13.6 Å². The van der Waals surface area contributed by atoms with Gasteiger partial charge in [-0.1, -0.05) is 0 Å². The molecule has 6 nitrogen and oxygen atoms in total. The smallest absolute Gasteiger partial charge is 0.334 e. The Labute approximate surface area is 89.0 Å². The van der Waals surface area contributed by atoms with Crippen LogP contribution in [0.2, 0.25) is 0 Å². The Balaban J connectivity index is 2.97. The monoisotopic (exact) mass is 235 g/mol.